The van der Waals surface area contributed by atoms with Crippen molar-refractivity contribution in [1.82, 2.24) is 9.88 Å². The first kappa shape index (κ1) is 19.6. The molecule has 1 aromatic heterocycles. The molecule has 2 aliphatic heterocycles. The Hall–Kier alpha value is -2.31. The molecular weight excluding hydrogens is 380 g/mol. The number of likely N-dealkylation sites (tertiary alicyclic amines) is 1. The molecule has 1 aromatic carbocycles. The number of rotatable bonds is 6. The average Bonchev–Trinajstić information content (AvgIpc) is 3.20. The number of benzene rings is 1. The first-order valence-electron chi connectivity index (χ1n) is 11.1. The summed E-state index contributed by atoms with van der Waals surface area (Å²) in [6, 6.07) is 7.98. The summed E-state index contributed by atoms with van der Waals surface area (Å²) >= 11 is 0. The lowest BCUT2D eigenvalue weighted by Gasteiger charge is -2.53. The Morgan fingerprint density at radius 2 is 1.97 bits per heavy atom. The van der Waals surface area contributed by atoms with Crippen molar-refractivity contribution in [3.63, 3.8) is 0 Å². The van der Waals surface area contributed by atoms with Crippen LogP contribution in [0, 0.1) is 11.8 Å². The number of fused-ring (bicyclic) bond motifs is 3. The van der Waals surface area contributed by atoms with E-state index in [9.17, 15) is 5.11 Å². The fourth-order valence-corrected chi connectivity index (χ4v) is 5.42. The van der Waals surface area contributed by atoms with Crippen LogP contribution >= 0.6 is 0 Å². The highest BCUT2D eigenvalue weighted by molar-refractivity contribution is 5.52. The van der Waals surface area contributed by atoms with Gasteiger partial charge >= 0.3 is 0 Å². The monoisotopic (exact) mass is 410 g/mol. The summed E-state index contributed by atoms with van der Waals surface area (Å²) in [7, 11) is 0. The summed E-state index contributed by atoms with van der Waals surface area (Å²) in [5.74, 6) is 2.84. The SMILES string of the molecule is CCCOc1cc2c(cc1CN1C[C@H]3CCC[C@H](C1)C3(O)c1cccnc1)OCO2. The van der Waals surface area contributed by atoms with Crippen molar-refractivity contribution < 1.29 is 19.3 Å². The molecular formula is C24H30N2O4. The highest BCUT2D eigenvalue weighted by Crippen LogP contribution is 2.49. The molecule has 160 valence electrons. The maximum atomic E-state index is 11.8. The van der Waals surface area contributed by atoms with Crippen molar-refractivity contribution in [1.29, 1.82) is 0 Å². The summed E-state index contributed by atoms with van der Waals surface area (Å²) in [4.78, 5) is 6.74. The van der Waals surface area contributed by atoms with Crippen LogP contribution in [0.3, 0.4) is 0 Å². The molecule has 0 amide bonds. The van der Waals surface area contributed by atoms with Crippen LogP contribution in [0.15, 0.2) is 36.7 Å². The van der Waals surface area contributed by atoms with E-state index in [0.29, 0.717) is 6.61 Å². The summed E-state index contributed by atoms with van der Waals surface area (Å²) in [6.07, 6.45) is 7.84. The minimum atomic E-state index is -0.778. The summed E-state index contributed by atoms with van der Waals surface area (Å²) in [5, 5.41) is 11.8. The molecule has 1 aliphatic carbocycles. The van der Waals surface area contributed by atoms with Gasteiger partial charge in [-0.2, -0.15) is 0 Å². The minimum absolute atomic E-state index is 0.211. The molecule has 5 rings (SSSR count). The zero-order valence-electron chi connectivity index (χ0n) is 17.5. The molecule has 0 unspecified atom stereocenters. The van der Waals surface area contributed by atoms with E-state index < -0.39 is 5.60 Å². The Kier molecular flexibility index (Phi) is 5.29. The van der Waals surface area contributed by atoms with E-state index in [1.165, 1.54) is 6.42 Å². The average molecular weight is 411 g/mol. The molecule has 1 saturated heterocycles. The lowest BCUT2D eigenvalue weighted by Crippen LogP contribution is -2.57. The van der Waals surface area contributed by atoms with Crippen molar-refractivity contribution in [2.24, 2.45) is 11.8 Å². The van der Waals surface area contributed by atoms with Gasteiger partial charge in [0.05, 0.1) is 12.2 Å². The van der Waals surface area contributed by atoms with Crippen molar-refractivity contribution in [3.8, 4) is 17.2 Å². The number of pyridine rings is 1. The van der Waals surface area contributed by atoms with Crippen molar-refractivity contribution in [2.75, 3.05) is 26.5 Å². The molecule has 2 aromatic rings. The second-order valence-electron chi connectivity index (χ2n) is 8.75. The maximum Gasteiger partial charge on any atom is 0.231 e. The number of ether oxygens (including phenoxy) is 3. The van der Waals surface area contributed by atoms with Gasteiger partial charge in [-0.15, -0.1) is 0 Å². The number of piperidine rings is 1. The Morgan fingerprint density at radius 1 is 1.20 bits per heavy atom. The topological polar surface area (TPSA) is 64.1 Å². The standard InChI is InChI=1S/C24H30N2O4/c1-2-9-28-21-11-23-22(29-16-30-23)10-17(21)13-26-14-19-5-3-6-20(15-26)24(19,27)18-7-4-8-25-12-18/h4,7-8,10-12,19-20,27H,2-3,5-6,9,13-16H2,1H3/t19-,20-/m1/s1. The van der Waals surface area contributed by atoms with Crippen LogP contribution in [0.25, 0.3) is 0 Å². The van der Waals surface area contributed by atoms with Crippen LogP contribution in [-0.2, 0) is 12.1 Å². The second kappa shape index (κ2) is 8.08. The molecule has 1 saturated carbocycles. The van der Waals surface area contributed by atoms with Gasteiger partial charge in [-0.1, -0.05) is 19.4 Å². The largest absolute Gasteiger partial charge is 0.493 e. The zero-order valence-corrected chi connectivity index (χ0v) is 17.5. The molecule has 1 N–H and O–H groups in total. The lowest BCUT2D eigenvalue weighted by atomic mass is 9.63. The molecule has 6 heteroatoms. The number of nitrogens with zero attached hydrogens (tertiary/aromatic N) is 2. The molecule has 30 heavy (non-hydrogen) atoms. The number of hydrogen-bond acceptors (Lipinski definition) is 6. The number of hydrogen-bond donors (Lipinski definition) is 1. The van der Waals surface area contributed by atoms with Crippen LogP contribution in [0.2, 0.25) is 0 Å². The van der Waals surface area contributed by atoms with E-state index in [0.717, 1.165) is 67.3 Å². The van der Waals surface area contributed by atoms with Crippen LogP contribution in [-0.4, -0.2) is 41.5 Å². The Bertz CT molecular complexity index is 874. The summed E-state index contributed by atoms with van der Waals surface area (Å²) in [5.41, 5.74) is 1.31. The second-order valence-corrected chi connectivity index (χ2v) is 8.75. The molecule has 0 radical (unpaired) electrons. The van der Waals surface area contributed by atoms with E-state index in [-0.39, 0.29) is 18.6 Å². The van der Waals surface area contributed by atoms with Gasteiger partial charge in [0.2, 0.25) is 6.79 Å². The van der Waals surface area contributed by atoms with Crippen LogP contribution < -0.4 is 14.2 Å². The lowest BCUT2D eigenvalue weighted by molar-refractivity contribution is -0.148. The van der Waals surface area contributed by atoms with Gasteiger partial charge in [-0.3, -0.25) is 9.88 Å². The van der Waals surface area contributed by atoms with Crippen LogP contribution in [0.5, 0.6) is 17.2 Å². The van der Waals surface area contributed by atoms with E-state index >= 15 is 0 Å². The summed E-state index contributed by atoms with van der Waals surface area (Å²) in [6.45, 7) is 5.56. The van der Waals surface area contributed by atoms with Crippen LogP contribution in [0.1, 0.15) is 43.7 Å². The predicted octanol–water partition coefficient (Wildman–Crippen LogP) is 3.72. The van der Waals surface area contributed by atoms with Gasteiger partial charge in [0.1, 0.15) is 5.75 Å². The highest BCUT2D eigenvalue weighted by Gasteiger charge is 2.51. The van der Waals surface area contributed by atoms with Crippen molar-refractivity contribution in [3.05, 3.63) is 47.8 Å². The van der Waals surface area contributed by atoms with Crippen molar-refractivity contribution >= 4 is 0 Å². The van der Waals surface area contributed by atoms with Gasteiger partial charge < -0.3 is 19.3 Å². The van der Waals surface area contributed by atoms with Gasteiger partial charge in [0.15, 0.2) is 11.5 Å². The Morgan fingerprint density at radius 3 is 2.67 bits per heavy atom. The molecule has 2 atom stereocenters. The number of aliphatic hydroxyl groups is 1. The first-order valence-corrected chi connectivity index (χ1v) is 11.1. The molecule has 2 bridgehead atoms. The fraction of sp³-hybridized carbons (Fsp3) is 0.542. The van der Waals surface area contributed by atoms with Crippen molar-refractivity contribution in [2.45, 2.75) is 44.8 Å². The first-order chi connectivity index (χ1) is 14.7. The third-order valence-corrected chi connectivity index (χ3v) is 6.84. The quantitative estimate of drug-likeness (QED) is 0.783. The minimum Gasteiger partial charge on any atom is -0.493 e. The smallest absolute Gasteiger partial charge is 0.231 e. The fourth-order valence-electron chi connectivity index (χ4n) is 5.42. The van der Waals surface area contributed by atoms with Gasteiger partial charge in [-0.05, 0) is 31.4 Å². The third-order valence-electron chi connectivity index (χ3n) is 6.84. The van der Waals surface area contributed by atoms with Gasteiger partial charge in [-0.25, -0.2) is 0 Å². The number of aromatic nitrogens is 1. The molecule has 0 spiro atoms. The molecule has 3 heterocycles. The van der Waals surface area contributed by atoms with Gasteiger partial charge in [0.25, 0.3) is 0 Å². The summed E-state index contributed by atoms with van der Waals surface area (Å²) < 4.78 is 17.2. The third kappa shape index (κ3) is 3.42. The molecule has 6 nitrogen and oxygen atoms in total. The molecule has 3 aliphatic rings. The maximum absolute atomic E-state index is 11.8. The van der Waals surface area contributed by atoms with Crippen LogP contribution in [0.4, 0.5) is 0 Å². The molecule has 2 fully saturated rings. The highest BCUT2D eigenvalue weighted by atomic mass is 16.7. The van der Waals surface area contributed by atoms with Gasteiger partial charge in [0, 0.05) is 61.1 Å². The zero-order chi connectivity index (χ0) is 20.6. The Balaban J connectivity index is 1.39. The normalized spacial score (nSPS) is 27.8. The van der Waals surface area contributed by atoms with E-state index in [1.54, 1.807) is 6.20 Å². The van der Waals surface area contributed by atoms with E-state index in [4.69, 9.17) is 14.2 Å². The Labute approximate surface area is 177 Å². The predicted molar refractivity (Wildman–Crippen MR) is 113 cm³/mol. The van der Waals surface area contributed by atoms with E-state index in [2.05, 4.69) is 22.9 Å². The van der Waals surface area contributed by atoms with E-state index in [1.807, 2.05) is 24.4 Å².